The summed E-state index contributed by atoms with van der Waals surface area (Å²) in [5.74, 6) is 1.98. The lowest BCUT2D eigenvalue weighted by atomic mass is 10.2. The Morgan fingerprint density at radius 3 is 2.86 bits per heavy atom. The number of nitrogens with one attached hydrogen (secondary N) is 1. The number of hydrogen-bond acceptors (Lipinski definition) is 4. The zero-order valence-corrected chi connectivity index (χ0v) is 11.4. The molecule has 0 spiro atoms. The van der Waals surface area contributed by atoms with Crippen LogP contribution in [0.4, 0.5) is 0 Å². The van der Waals surface area contributed by atoms with Crippen molar-refractivity contribution in [1.82, 2.24) is 5.32 Å². The van der Waals surface area contributed by atoms with Crippen molar-refractivity contribution in [2.24, 2.45) is 0 Å². The number of furan rings is 1. The van der Waals surface area contributed by atoms with E-state index in [0.717, 1.165) is 17.1 Å². The van der Waals surface area contributed by atoms with Gasteiger partial charge in [0, 0.05) is 6.08 Å². The Hall–Kier alpha value is -2.69. The summed E-state index contributed by atoms with van der Waals surface area (Å²) in [6.07, 6.45) is 4.79. The van der Waals surface area contributed by atoms with Crippen molar-refractivity contribution in [3.05, 3.63) is 54.0 Å². The fourth-order valence-corrected chi connectivity index (χ4v) is 1.98. The molecule has 21 heavy (non-hydrogen) atoms. The largest absolute Gasteiger partial charge is 0.486 e. The summed E-state index contributed by atoms with van der Waals surface area (Å²) < 4.78 is 16.1. The molecule has 1 aromatic heterocycles. The first-order valence-corrected chi connectivity index (χ1v) is 6.69. The number of rotatable bonds is 4. The van der Waals surface area contributed by atoms with E-state index in [2.05, 4.69) is 5.32 Å². The lowest BCUT2D eigenvalue weighted by Gasteiger charge is -2.18. The normalized spacial score (nSPS) is 13.3. The van der Waals surface area contributed by atoms with Crippen LogP contribution in [0.2, 0.25) is 0 Å². The van der Waals surface area contributed by atoms with Crippen LogP contribution in [0.3, 0.4) is 0 Å². The molecule has 0 fully saturated rings. The Kier molecular flexibility index (Phi) is 3.91. The molecule has 1 amide bonds. The van der Waals surface area contributed by atoms with Gasteiger partial charge in [-0.15, -0.1) is 0 Å². The average Bonchev–Trinajstić information content (AvgIpc) is 3.04. The van der Waals surface area contributed by atoms with Gasteiger partial charge < -0.3 is 19.2 Å². The zero-order chi connectivity index (χ0) is 14.5. The average molecular weight is 285 g/mol. The SMILES string of the molecule is O=C(C=Cc1ccc2c(c1)OCCO2)NCc1ccco1. The minimum atomic E-state index is -0.179. The molecule has 0 unspecified atom stereocenters. The second kappa shape index (κ2) is 6.17. The molecule has 0 bridgehead atoms. The zero-order valence-electron chi connectivity index (χ0n) is 11.4. The molecular weight excluding hydrogens is 270 g/mol. The van der Waals surface area contributed by atoms with Crippen molar-refractivity contribution in [2.45, 2.75) is 6.54 Å². The topological polar surface area (TPSA) is 60.7 Å². The molecule has 0 saturated carbocycles. The number of ether oxygens (including phenoxy) is 2. The second-order valence-corrected chi connectivity index (χ2v) is 4.53. The van der Waals surface area contributed by atoms with E-state index in [1.807, 2.05) is 24.3 Å². The highest BCUT2D eigenvalue weighted by molar-refractivity contribution is 5.91. The highest BCUT2D eigenvalue weighted by atomic mass is 16.6. The van der Waals surface area contributed by atoms with Gasteiger partial charge in [-0.3, -0.25) is 4.79 Å². The first-order valence-electron chi connectivity index (χ1n) is 6.69. The molecule has 5 nitrogen and oxygen atoms in total. The van der Waals surface area contributed by atoms with Gasteiger partial charge in [0.05, 0.1) is 12.8 Å². The summed E-state index contributed by atoms with van der Waals surface area (Å²) in [6, 6.07) is 9.17. The van der Waals surface area contributed by atoms with Gasteiger partial charge in [-0.2, -0.15) is 0 Å². The molecular formula is C16H15NO4. The van der Waals surface area contributed by atoms with Crippen molar-refractivity contribution in [1.29, 1.82) is 0 Å². The summed E-state index contributed by atoms with van der Waals surface area (Å²) >= 11 is 0. The third kappa shape index (κ3) is 3.45. The molecule has 1 aromatic carbocycles. The summed E-state index contributed by atoms with van der Waals surface area (Å²) in [5, 5.41) is 2.74. The molecule has 2 heterocycles. The van der Waals surface area contributed by atoms with Crippen LogP contribution in [0.1, 0.15) is 11.3 Å². The van der Waals surface area contributed by atoms with E-state index in [-0.39, 0.29) is 5.91 Å². The molecule has 1 N–H and O–H groups in total. The molecule has 108 valence electrons. The Morgan fingerprint density at radius 1 is 1.19 bits per heavy atom. The Labute approximate surface area is 122 Å². The lowest BCUT2D eigenvalue weighted by molar-refractivity contribution is -0.116. The standard InChI is InChI=1S/C16H15NO4/c18-16(17-11-13-2-1-7-19-13)6-4-12-3-5-14-15(10-12)21-9-8-20-14/h1-7,10H,8-9,11H2,(H,17,18). The van der Waals surface area contributed by atoms with Gasteiger partial charge in [0.2, 0.25) is 5.91 Å². The highest BCUT2D eigenvalue weighted by Crippen LogP contribution is 2.30. The predicted octanol–water partition coefficient (Wildman–Crippen LogP) is 2.38. The van der Waals surface area contributed by atoms with Crippen LogP contribution in [0.15, 0.2) is 47.1 Å². The summed E-state index contributed by atoms with van der Waals surface area (Å²) in [5.41, 5.74) is 0.882. The van der Waals surface area contributed by atoms with E-state index in [9.17, 15) is 4.79 Å². The van der Waals surface area contributed by atoms with Gasteiger partial charge in [0.1, 0.15) is 19.0 Å². The van der Waals surface area contributed by atoms with Crippen LogP contribution in [0.5, 0.6) is 11.5 Å². The predicted molar refractivity (Wildman–Crippen MR) is 77.0 cm³/mol. The molecule has 5 heteroatoms. The number of benzene rings is 1. The molecule has 1 aliphatic rings. The van der Waals surface area contributed by atoms with E-state index >= 15 is 0 Å². The number of carbonyl (C=O) groups is 1. The summed E-state index contributed by atoms with van der Waals surface area (Å²) in [7, 11) is 0. The Morgan fingerprint density at radius 2 is 2.05 bits per heavy atom. The second-order valence-electron chi connectivity index (χ2n) is 4.53. The van der Waals surface area contributed by atoms with Gasteiger partial charge in [-0.25, -0.2) is 0 Å². The lowest BCUT2D eigenvalue weighted by Crippen LogP contribution is -2.19. The third-order valence-corrected chi connectivity index (χ3v) is 3.01. The Bertz CT molecular complexity index is 646. The molecule has 2 aromatic rings. The van der Waals surface area contributed by atoms with Crippen LogP contribution in [-0.4, -0.2) is 19.1 Å². The molecule has 0 aliphatic carbocycles. The van der Waals surface area contributed by atoms with E-state index in [0.29, 0.717) is 25.5 Å². The van der Waals surface area contributed by atoms with Crippen molar-refractivity contribution in [2.75, 3.05) is 13.2 Å². The minimum absolute atomic E-state index is 0.179. The highest BCUT2D eigenvalue weighted by Gasteiger charge is 2.10. The van der Waals surface area contributed by atoms with Crippen LogP contribution >= 0.6 is 0 Å². The Balaban J connectivity index is 1.59. The molecule has 0 saturated heterocycles. The summed E-state index contributed by atoms with van der Waals surface area (Å²) in [6.45, 7) is 1.48. The van der Waals surface area contributed by atoms with Gasteiger partial charge in [0.25, 0.3) is 0 Å². The smallest absolute Gasteiger partial charge is 0.244 e. The molecule has 0 atom stereocenters. The maximum Gasteiger partial charge on any atom is 0.244 e. The monoisotopic (exact) mass is 285 g/mol. The third-order valence-electron chi connectivity index (χ3n) is 3.01. The maximum absolute atomic E-state index is 11.7. The minimum Gasteiger partial charge on any atom is -0.486 e. The number of hydrogen-bond donors (Lipinski definition) is 1. The quantitative estimate of drug-likeness (QED) is 0.876. The van der Waals surface area contributed by atoms with E-state index in [4.69, 9.17) is 13.9 Å². The molecule has 0 radical (unpaired) electrons. The van der Waals surface area contributed by atoms with Gasteiger partial charge in [0.15, 0.2) is 11.5 Å². The van der Waals surface area contributed by atoms with Crippen molar-refractivity contribution in [3.8, 4) is 11.5 Å². The van der Waals surface area contributed by atoms with Gasteiger partial charge in [-0.05, 0) is 35.9 Å². The van der Waals surface area contributed by atoms with Crippen molar-refractivity contribution >= 4 is 12.0 Å². The fourth-order valence-electron chi connectivity index (χ4n) is 1.98. The van der Waals surface area contributed by atoms with E-state index < -0.39 is 0 Å². The van der Waals surface area contributed by atoms with Crippen LogP contribution in [-0.2, 0) is 11.3 Å². The van der Waals surface area contributed by atoms with Crippen LogP contribution < -0.4 is 14.8 Å². The van der Waals surface area contributed by atoms with Gasteiger partial charge in [-0.1, -0.05) is 6.07 Å². The molecule has 3 rings (SSSR count). The van der Waals surface area contributed by atoms with Crippen molar-refractivity contribution < 1.29 is 18.7 Å². The maximum atomic E-state index is 11.7. The van der Waals surface area contributed by atoms with Crippen LogP contribution in [0.25, 0.3) is 6.08 Å². The first kappa shape index (κ1) is 13.3. The van der Waals surface area contributed by atoms with Crippen molar-refractivity contribution in [3.63, 3.8) is 0 Å². The van der Waals surface area contributed by atoms with E-state index in [1.165, 1.54) is 6.08 Å². The van der Waals surface area contributed by atoms with E-state index in [1.54, 1.807) is 18.4 Å². The van der Waals surface area contributed by atoms with Crippen LogP contribution in [0, 0.1) is 0 Å². The summed E-state index contributed by atoms with van der Waals surface area (Å²) in [4.78, 5) is 11.7. The number of carbonyl (C=O) groups excluding carboxylic acids is 1. The molecule has 1 aliphatic heterocycles. The fraction of sp³-hybridized carbons (Fsp3) is 0.188. The van der Waals surface area contributed by atoms with Gasteiger partial charge >= 0.3 is 0 Å². The number of fused-ring (bicyclic) bond motifs is 1. The number of amides is 1. The first-order chi connectivity index (χ1) is 10.3.